The Morgan fingerprint density at radius 1 is 1.17 bits per heavy atom. The van der Waals surface area contributed by atoms with Gasteiger partial charge in [-0.2, -0.15) is 18.3 Å². The van der Waals surface area contributed by atoms with E-state index in [1.807, 2.05) is 0 Å². The summed E-state index contributed by atoms with van der Waals surface area (Å²) in [4.78, 5) is 0. The number of hydrogen-bond acceptors (Lipinski definition) is 2. The molecule has 18 heavy (non-hydrogen) atoms. The summed E-state index contributed by atoms with van der Waals surface area (Å²) in [6.45, 7) is 0. The van der Waals surface area contributed by atoms with Gasteiger partial charge in [0, 0.05) is 12.6 Å². The van der Waals surface area contributed by atoms with Crippen molar-refractivity contribution >= 4 is 0 Å². The molecule has 1 aromatic carbocycles. The molecule has 0 fully saturated rings. The molecule has 6 heteroatoms. The number of nitrogens with zero attached hydrogens (tertiary/aromatic N) is 2. The molecule has 0 spiro atoms. The van der Waals surface area contributed by atoms with Crippen LogP contribution in [0.2, 0.25) is 0 Å². The molecule has 0 unspecified atom stereocenters. The van der Waals surface area contributed by atoms with E-state index in [0.29, 0.717) is 11.3 Å². The van der Waals surface area contributed by atoms with Crippen molar-refractivity contribution in [2.75, 3.05) is 7.11 Å². The first kappa shape index (κ1) is 12.5. The zero-order valence-electron chi connectivity index (χ0n) is 9.82. The third kappa shape index (κ3) is 2.18. The molecule has 0 aliphatic rings. The molecule has 2 aromatic rings. The molecule has 3 nitrogen and oxygen atoms in total. The lowest BCUT2D eigenvalue weighted by molar-refractivity contribution is -0.143. The van der Waals surface area contributed by atoms with Crippen LogP contribution in [0.5, 0.6) is 5.75 Å². The van der Waals surface area contributed by atoms with Crippen LogP contribution in [0.1, 0.15) is 5.69 Å². The summed E-state index contributed by atoms with van der Waals surface area (Å²) in [5, 5.41) is 3.67. The van der Waals surface area contributed by atoms with Gasteiger partial charge in [0.2, 0.25) is 0 Å². The fourth-order valence-corrected chi connectivity index (χ4v) is 1.76. The Labute approximate surface area is 102 Å². The molecule has 0 saturated carbocycles. The van der Waals surface area contributed by atoms with Crippen LogP contribution in [0.15, 0.2) is 30.5 Å². The maximum atomic E-state index is 12.9. The Kier molecular flexibility index (Phi) is 3.02. The Balaban J connectivity index is 2.51. The van der Waals surface area contributed by atoms with Crippen LogP contribution in [-0.4, -0.2) is 16.9 Å². The van der Waals surface area contributed by atoms with Crippen LogP contribution in [0.4, 0.5) is 13.2 Å². The summed E-state index contributed by atoms with van der Waals surface area (Å²) >= 11 is 0. The third-order valence-electron chi connectivity index (χ3n) is 2.61. The highest BCUT2D eigenvalue weighted by atomic mass is 19.4. The monoisotopic (exact) mass is 256 g/mol. The van der Waals surface area contributed by atoms with E-state index in [0.717, 1.165) is 4.68 Å². The Hall–Kier alpha value is -1.98. The molecule has 0 amide bonds. The molecule has 0 N–H and O–H groups in total. The molecule has 0 atom stereocenters. The lowest BCUT2D eigenvalue weighted by Gasteiger charge is -2.10. The van der Waals surface area contributed by atoms with E-state index in [9.17, 15) is 13.2 Å². The van der Waals surface area contributed by atoms with Crippen molar-refractivity contribution in [3.8, 4) is 16.9 Å². The molecule has 0 aliphatic heterocycles. The van der Waals surface area contributed by atoms with E-state index in [-0.39, 0.29) is 5.56 Å². The van der Waals surface area contributed by atoms with Gasteiger partial charge in [0.1, 0.15) is 11.4 Å². The molecular weight excluding hydrogens is 245 g/mol. The van der Waals surface area contributed by atoms with Crippen molar-refractivity contribution in [3.05, 3.63) is 36.2 Å². The minimum atomic E-state index is -4.43. The van der Waals surface area contributed by atoms with Crippen molar-refractivity contribution in [1.82, 2.24) is 9.78 Å². The van der Waals surface area contributed by atoms with Gasteiger partial charge in [0.05, 0.1) is 13.3 Å². The minimum absolute atomic E-state index is 0.0626. The number of methoxy groups -OCH3 is 1. The second kappa shape index (κ2) is 4.36. The number of alkyl halides is 3. The van der Waals surface area contributed by atoms with Gasteiger partial charge >= 0.3 is 6.18 Å². The van der Waals surface area contributed by atoms with Gasteiger partial charge < -0.3 is 4.74 Å². The van der Waals surface area contributed by atoms with Crippen molar-refractivity contribution < 1.29 is 17.9 Å². The first-order chi connectivity index (χ1) is 8.43. The average Bonchev–Trinajstić information content (AvgIpc) is 2.71. The first-order valence-corrected chi connectivity index (χ1v) is 5.17. The van der Waals surface area contributed by atoms with E-state index < -0.39 is 11.9 Å². The van der Waals surface area contributed by atoms with Crippen LogP contribution in [0.25, 0.3) is 11.1 Å². The summed E-state index contributed by atoms with van der Waals surface area (Å²) in [5.74, 6) is 0.594. The molecule has 0 aliphatic carbocycles. The van der Waals surface area contributed by atoms with Crippen molar-refractivity contribution in [3.63, 3.8) is 0 Å². The number of halogens is 3. The molecule has 96 valence electrons. The summed E-state index contributed by atoms with van der Waals surface area (Å²) in [6.07, 6.45) is -3.22. The van der Waals surface area contributed by atoms with Gasteiger partial charge in [0.15, 0.2) is 0 Å². The third-order valence-corrected chi connectivity index (χ3v) is 2.61. The van der Waals surface area contributed by atoms with Crippen LogP contribution < -0.4 is 4.74 Å². The van der Waals surface area contributed by atoms with Gasteiger partial charge in [-0.05, 0) is 17.7 Å². The first-order valence-electron chi connectivity index (χ1n) is 5.17. The van der Waals surface area contributed by atoms with E-state index in [4.69, 9.17) is 4.74 Å². The molecular formula is C12H11F3N2O. The van der Waals surface area contributed by atoms with Gasteiger partial charge in [-0.15, -0.1) is 0 Å². The molecule has 0 saturated heterocycles. The fourth-order valence-electron chi connectivity index (χ4n) is 1.76. The minimum Gasteiger partial charge on any atom is -0.497 e. The average molecular weight is 256 g/mol. The zero-order valence-corrected chi connectivity index (χ0v) is 9.82. The maximum absolute atomic E-state index is 12.9. The van der Waals surface area contributed by atoms with Crippen molar-refractivity contribution in [1.29, 1.82) is 0 Å². The summed E-state index contributed by atoms with van der Waals surface area (Å²) in [7, 11) is 2.77. The summed E-state index contributed by atoms with van der Waals surface area (Å²) in [5.41, 5.74) is -0.239. The topological polar surface area (TPSA) is 27.1 Å². The highest BCUT2D eigenvalue weighted by Gasteiger charge is 2.37. The number of hydrogen-bond donors (Lipinski definition) is 0. The number of benzene rings is 1. The fraction of sp³-hybridized carbons (Fsp3) is 0.250. The Bertz CT molecular complexity index is 543. The van der Waals surface area contributed by atoms with Gasteiger partial charge in [-0.25, -0.2) is 0 Å². The highest BCUT2D eigenvalue weighted by molar-refractivity contribution is 5.66. The van der Waals surface area contributed by atoms with Crippen LogP contribution in [0, 0.1) is 0 Å². The van der Waals surface area contributed by atoms with Gasteiger partial charge in [0.25, 0.3) is 0 Å². The standard InChI is InChI=1S/C12H11F3N2O/c1-17-11(12(13,14)15)10(7-16-17)8-3-5-9(18-2)6-4-8/h3-7H,1-2H3. The predicted octanol–water partition coefficient (Wildman–Crippen LogP) is 3.11. The van der Waals surface area contributed by atoms with Crippen LogP contribution in [0.3, 0.4) is 0 Å². The molecule has 0 radical (unpaired) electrons. The van der Waals surface area contributed by atoms with Crippen molar-refractivity contribution in [2.45, 2.75) is 6.18 Å². The van der Waals surface area contributed by atoms with E-state index in [2.05, 4.69) is 5.10 Å². The van der Waals surface area contributed by atoms with E-state index >= 15 is 0 Å². The van der Waals surface area contributed by atoms with E-state index in [1.165, 1.54) is 20.4 Å². The normalized spacial score (nSPS) is 11.6. The van der Waals surface area contributed by atoms with Gasteiger partial charge in [-0.1, -0.05) is 12.1 Å². The number of aromatic nitrogens is 2. The van der Waals surface area contributed by atoms with Gasteiger partial charge in [-0.3, -0.25) is 4.68 Å². The molecule has 1 aromatic heterocycles. The molecule has 0 bridgehead atoms. The maximum Gasteiger partial charge on any atom is 0.433 e. The lowest BCUT2D eigenvalue weighted by Crippen LogP contribution is -2.13. The molecule has 2 rings (SSSR count). The largest absolute Gasteiger partial charge is 0.497 e. The second-order valence-corrected chi connectivity index (χ2v) is 3.76. The summed E-state index contributed by atoms with van der Waals surface area (Å²) in [6, 6.07) is 6.38. The number of ether oxygens (including phenoxy) is 1. The zero-order chi connectivity index (χ0) is 13.3. The number of aryl methyl sites for hydroxylation is 1. The van der Waals surface area contributed by atoms with E-state index in [1.54, 1.807) is 24.3 Å². The Morgan fingerprint density at radius 2 is 1.78 bits per heavy atom. The SMILES string of the molecule is COc1ccc(-c2cnn(C)c2C(F)(F)F)cc1. The van der Waals surface area contributed by atoms with Crippen LogP contribution >= 0.6 is 0 Å². The number of rotatable bonds is 2. The Morgan fingerprint density at radius 3 is 2.28 bits per heavy atom. The van der Waals surface area contributed by atoms with Crippen molar-refractivity contribution in [2.24, 2.45) is 7.05 Å². The quantitative estimate of drug-likeness (QED) is 0.825. The lowest BCUT2D eigenvalue weighted by atomic mass is 10.1. The smallest absolute Gasteiger partial charge is 0.433 e. The van der Waals surface area contributed by atoms with Crippen LogP contribution in [-0.2, 0) is 13.2 Å². The molecule has 1 heterocycles. The predicted molar refractivity (Wildman–Crippen MR) is 60.2 cm³/mol. The second-order valence-electron chi connectivity index (χ2n) is 3.76. The highest BCUT2D eigenvalue weighted by Crippen LogP contribution is 2.36. The summed E-state index contributed by atoms with van der Waals surface area (Å²) < 4.78 is 44.5.